The van der Waals surface area contributed by atoms with E-state index in [0.29, 0.717) is 33.8 Å². The van der Waals surface area contributed by atoms with E-state index in [4.69, 9.17) is 0 Å². The topological polar surface area (TPSA) is 203 Å². The molecule has 0 aliphatic heterocycles. The van der Waals surface area contributed by atoms with Crippen LogP contribution in [0.25, 0.3) is 0 Å². The molecule has 0 aliphatic carbocycles. The van der Waals surface area contributed by atoms with Gasteiger partial charge in [0.2, 0.25) is 0 Å². The minimum atomic E-state index is -0.503. The van der Waals surface area contributed by atoms with Crippen LogP contribution in [0, 0.1) is 30.3 Å². The molecule has 0 saturated carbocycles. The first-order valence-electron chi connectivity index (χ1n) is 11.5. The number of non-ortho nitro benzene ring substituents is 3. The van der Waals surface area contributed by atoms with Crippen LogP contribution in [0.5, 0.6) is 0 Å². The zero-order chi connectivity index (χ0) is 29.2. The van der Waals surface area contributed by atoms with Crippen molar-refractivity contribution in [2.24, 2.45) is 20.4 Å². The van der Waals surface area contributed by atoms with Gasteiger partial charge in [-0.25, -0.2) is 10.9 Å². The van der Waals surface area contributed by atoms with Crippen LogP contribution >= 0.6 is 0 Å². The molecular formula is C25H23N9O6. The Labute approximate surface area is 227 Å². The van der Waals surface area contributed by atoms with E-state index >= 15 is 0 Å². The minimum Gasteiger partial charge on any atom is -0.258 e. The van der Waals surface area contributed by atoms with Gasteiger partial charge >= 0.3 is 0 Å². The van der Waals surface area contributed by atoms with E-state index in [0.717, 1.165) is 0 Å². The standard InChI is InChI=1S/C25H23N9O6/c1-16(19-4-10-22(11-5-19)32(35)36)26-29-25(30-27-17(2)20-6-12-23(13-7-20)33(37)38)31-28-18(3)21-8-14-24(15-9-21)34(39)40/h4-15H,1-3H3,(H2,29,30,31)/b26-16-,27-17-,28-18?. The SMILES string of the molecule is CC(=NN=C(N/N=C(/C)c1ccc([N+](=O)[O-])cc1)N/N=C(/C)c1ccc([N+](=O)[O-])cc1)c1ccc([N+](=O)[O-])cc1. The van der Waals surface area contributed by atoms with Crippen LogP contribution in [0.2, 0.25) is 0 Å². The molecule has 40 heavy (non-hydrogen) atoms. The molecule has 15 heteroatoms. The van der Waals surface area contributed by atoms with Crippen molar-refractivity contribution < 1.29 is 14.8 Å². The summed E-state index contributed by atoms with van der Waals surface area (Å²) >= 11 is 0. The van der Waals surface area contributed by atoms with Crippen molar-refractivity contribution in [2.45, 2.75) is 20.8 Å². The van der Waals surface area contributed by atoms with Gasteiger partial charge in [0.15, 0.2) is 0 Å². The van der Waals surface area contributed by atoms with Crippen molar-refractivity contribution in [3.63, 3.8) is 0 Å². The Bertz CT molecular complexity index is 1450. The second-order valence-corrected chi connectivity index (χ2v) is 8.16. The maximum atomic E-state index is 10.9. The molecule has 0 bridgehead atoms. The van der Waals surface area contributed by atoms with E-state index in [1.54, 1.807) is 57.2 Å². The lowest BCUT2D eigenvalue weighted by molar-refractivity contribution is -0.385. The van der Waals surface area contributed by atoms with Crippen molar-refractivity contribution in [1.29, 1.82) is 0 Å². The number of hydrogen-bond acceptors (Lipinski definition) is 10. The van der Waals surface area contributed by atoms with E-state index in [1.807, 2.05) is 0 Å². The number of nitro benzene ring substituents is 3. The fourth-order valence-electron chi connectivity index (χ4n) is 3.13. The molecule has 15 nitrogen and oxygen atoms in total. The molecule has 0 radical (unpaired) electrons. The quantitative estimate of drug-likeness (QED) is 0.169. The van der Waals surface area contributed by atoms with Gasteiger partial charge in [-0.1, -0.05) is 0 Å². The van der Waals surface area contributed by atoms with Crippen LogP contribution in [0.3, 0.4) is 0 Å². The van der Waals surface area contributed by atoms with Gasteiger partial charge in [-0.3, -0.25) is 30.3 Å². The van der Waals surface area contributed by atoms with Crippen molar-refractivity contribution in [3.05, 3.63) is 120 Å². The number of nitro groups is 3. The fourth-order valence-corrected chi connectivity index (χ4v) is 3.13. The van der Waals surface area contributed by atoms with Crippen LogP contribution in [-0.4, -0.2) is 37.9 Å². The van der Waals surface area contributed by atoms with Crippen LogP contribution in [0.15, 0.2) is 93.2 Å². The molecule has 0 atom stereocenters. The van der Waals surface area contributed by atoms with Crippen molar-refractivity contribution in [2.75, 3.05) is 0 Å². The zero-order valence-corrected chi connectivity index (χ0v) is 21.5. The Balaban J connectivity index is 1.86. The third-order valence-corrected chi connectivity index (χ3v) is 5.45. The highest BCUT2D eigenvalue weighted by Gasteiger charge is 2.09. The fraction of sp³-hybridized carbons (Fsp3) is 0.120. The lowest BCUT2D eigenvalue weighted by Crippen LogP contribution is -2.32. The van der Waals surface area contributed by atoms with Crippen LogP contribution in [0.1, 0.15) is 37.5 Å². The highest BCUT2D eigenvalue weighted by molar-refractivity contribution is 6.01. The molecule has 0 aromatic heterocycles. The monoisotopic (exact) mass is 545 g/mol. The van der Waals surface area contributed by atoms with E-state index in [9.17, 15) is 30.3 Å². The Kier molecular flexibility index (Phi) is 9.39. The highest BCUT2D eigenvalue weighted by Crippen LogP contribution is 2.14. The Morgan fingerprint density at radius 2 is 0.825 bits per heavy atom. The molecule has 0 saturated heterocycles. The molecule has 2 N–H and O–H groups in total. The lowest BCUT2D eigenvalue weighted by atomic mass is 10.1. The van der Waals surface area contributed by atoms with Gasteiger partial charge in [0.25, 0.3) is 23.0 Å². The lowest BCUT2D eigenvalue weighted by Gasteiger charge is -2.07. The maximum absolute atomic E-state index is 10.9. The normalized spacial score (nSPS) is 11.9. The summed E-state index contributed by atoms with van der Waals surface area (Å²) in [6, 6.07) is 17.4. The first kappa shape index (κ1) is 28.7. The molecule has 0 amide bonds. The highest BCUT2D eigenvalue weighted by atomic mass is 16.6. The van der Waals surface area contributed by atoms with Gasteiger partial charge < -0.3 is 0 Å². The minimum absolute atomic E-state index is 0.00350. The Morgan fingerprint density at radius 1 is 0.525 bits per heavy atom. The van der Waals surface area contributed by atoms with Gasteiger partial charge in [-0.2, -0.15) is 15.3 Å². The van der Waals surface area contributed by atoms with E-state index < -0.39 is 14.8 Å². The van der Waals surface area contributed by atoms with Gasteiger partial charge in [0.1, 0.15) is 0 Å². The van der Waals surface area contributed by atoms with Crippen molar-refractivity contribution in [1.82, 2.24) is 10.9 Å². The molecule has 3 rings (SSSR count). The predicted molar refractivity (Wildman–Crippen MR) is 150 cm³/mol. The molecule has 0 unspecified atom stereocenters. The summed E-state index contributed by atoms with van der Waals surface area (Å²) in [7, 11) is 0. The maximum Gasteiger partial charge on any atom is 0.269 e. The van der Waals surface area contributed by atoms with Crippen LogP contribution < -0.4 is 10.9 Å². The van der Waals surface area contributed by atoms with E-state index in [2.05, 4.69) is 31.3 Å². The van der Waals surface area contributed by atoms with Gasteiger partial charge in [0.05, 0.1) is 31.9 Å². The zero-order valence-electron chi connectivity index (χ0n) is 21.5. The smallest absolute Gasteiger partial charge is 0.258 e. The number of hydrogen-bond donors (Lipinski definition) is 2. The second-order valence-electron chi connectivity index (χ2n) is 8.16. The molecule has 3 aromatic rings. The van der Waals surface area contributed by atoms with Gasteiger partial charge in [0, 0.05) is 36.4 Å². The number of nitrogens with one attached hydrogen (secondary N) is 2. The number of benzene rings is 3. The molecule has 0 fully saturated rings. The first-order chi connectivity index (χ1) is 19.0. The van der Waals surface area contributed by atoms with Gasteiger partial charge in [-0.05, 0) is 73.9 Å². The molecular weight excluding hydrogens is 522 g/mol. The molecule has 0 heterocycles. The number of nitrogens with zero attached hydrogens (tertiary/aromatic N) is 7. The molecule has 0 spiro atoms. The summed E-state index contributed by atoms with van der Waals surface area (Å²) in [6.45, 7) is 5.03. The first-order valence-corrected chi connectivity index (χ1v) is 11.5. The van der Waals surface area contributed by atoms with Gasteiger partial charge in [-0.15, -0.1) is 5.10 Å². The third-order valence-electron chi connectivity index (χ3n) is 5.45. The summed E-state index contributed by atoms with van der Waals surface area (Å²) in [6.07, 6.45) is 0. The number of guanidine groups is 1. The summed E-state index contributed by atoms with van der Waals surface area (Å²) in [5, 5.41) is 49.5. The Hall–Kier alpha value is -5.86. The molecule has 3 aromatic carbocycles. The summed E-state index contributed by atoms with van der Waals surface area (Å²) in [4.78, 5) is 31.2. The third kappa shape index (κ3) is 7.82. The molecule has 0 aliphatic rings. The van der Waals surface area contributed by atoms with E-state index in [1.165, 1.54) is 36.4 Å². The average molecular weight is 546 g/mol. The predicted octanol–water partition coefficient (Wildman–Crippen LogP) is 4.52. The van der Waals surface area contributed by atoms with Crippen LogP contribution in [0.4, 0.5) is 17.1 Å². The van der Waals surface area contributed by atoms with E-state index in [-0.39, 0.29) is 23.0 Å². The summed E-state index contributed by atoms with van der Waals surface area (Å²) < 4.78 is 0. The van der Waals surface area contributed by atoms with Crippen molar-refractivity contribution >= 4 is 40.2 Å². The average Bonchev–Trinajstić information content (AvgIpc) is 2.96. The number of hydrazone groups is 2. The summed E-state index contributed by atoms with van der Waals surface area (Å²) in [5.41, 5.74) is 8.52. The largest absolute Gasteiger partial charge is 0.269 e. The Morgan fingerprint density at radius 3 is 1.12 bits per heavy atom. The van der Waals surface area contributed by atoms with Crippen molar-refractivity contribution in [3.8, 4) is 0 Å². The number of rotatable bonds is 9. The van der Waals surface area contributed by atoms with Crippen LogP contribution in [-0.2, 0) is 0 Å². The molecule has 204 valence electrons. The second kappa shape index (κ2) is 13.1. The summed E-state index contributed by atoms with van der Waals surface area (Å²) in [5.74, 6) is 0.00350.